The second-order valence-corrected chi connectivity index (χ2v) is 7.79. The van der Waals surface area contributed by atoms with Gasteiger partial charge in [-0.15, -0.1) is 0 Å². The van der Waals surface area contributed by atoms with Crippen molar-refractivity contribution in [3.8, 4) is 0 Å². The number of carbonyl (C=O) groups excluding carboxylic acids is 1. The van der Waals surface area contributed by atoms with Crippen molar-refractivity contribution >= 4 is 5.91 Å². The minimum atomic E-state index is 0.258. The average molecular weight is 348 g/mol. The van der Waals surface area contributed by atoms with Crippen molar-refractivity contribution in [2.45, 2.75) is 51.1 Å². The van der Waals surface area contributed by atoms with Crippen LogP contribution >= 0.6 is 0 Å². The summed E-state index contributed by atoms with van der Waals surface area (Å²) >= 11 is 0. The molecule has 2 saturated carbocycles. The molecular weight excluding hydrogens is 320 g/mol. The van der Waals surface area contributed by atoms with Crippen LogP contribution in [0.3, 0.4) is 0 Å². The summed E-state index contributed by atoms with van der Waals surface area (Å²) in [5, 5.41) is 7.35. The number of amides is 1. The first-order chi connectivity index (χ1) is 12.2. The molecule has 2 atom stereocenters. The lowest BCUT2D eigenvalue weighted by Gasteiger charge is -2.28. The fourth-order valence-electron chi connectivity index (χ4n) is 4.01. The maximum Gasteiger partial charge on any atom is 0.240 e. The summed E-state index contributed by atoms with van der Waals surface area (Å²) in [4.78, 5) is 19.2. The molecule has 7 heteroatoms. The summed E-state index contributed by atoms with van der Waals surface area (Å²) in [5.41, 5.74) is 0. The van der Waals surface area contributed by atoms with Gasteiger partial charge in [-0.05, 0) is 37.5 Å². The van der Waals surface area contributed by atoms with Crippen LogP contribution in [0.25, 0.3) is 0 Å². The number of nitrogens with one attached hydrogen (secondary N) is 1. The quantitative estimate of drug-likeness (QED) is 0.765. The molecule has 7 nitrogen and oxygen atoms in total. The van der Waals surface area contributed by atoms with Gasteiger partial charge in [0.15, 0.2) is 5.82 Å². The Hall–Kier alpha value is -1.47. The highest BCUT2D eigenvalue weighted by molar-refractivity contribution is 5.79. The van der Waals surface area contributed by atoms with Crippen molar-refractivity contribution in [1.29, 1.82) is 0 Å². The molecule has 1 saturated heterocycles. The molecule has 2 aliphatic carbocycles. The van der Waals surface area contributed by atoms with Gasteiger partial charge in [-0.2, -0.15) is 4.98 Å². The molecule has 0 unspecified atom stereocenters. The third-order valence-corrected chi connectivity index (χ3v) is 5.87. The summed E-state index contributed by atoms with van der Waals surface area (Å²) in [6.45, 7) is 3.16. The van der Waals surface area contributed by atoms with E-state index in [2.05, 4.69) is 20.4 Å². The van der Waals surface area contributed by atoms with Crippen LogP contribution in [0, 0.1) is 17.8 Å². The van der Waals surface area contributed by atoms with Gasteiger partial charge in [0.1, 0.15) is 0 Å². The van der Waals surface area contributed by atoms with E-state index in [1.165, 1.54) is 19.3 Å². The van der Waals surface area contributed by atoms with Gasteiger partial charge in [0, 0.05) is 38.6 Å². The lowest BCUT2D eigenvalue weighted by atomic mass is 9.84. The molecular formula is C18H28N4O3. The van der Waals surface area contributed by atoms with Crippen molar-refractivity contribution in [2.24, 2.45) is 17.8 Å². The van der Waals surface area contributed by atoms with Crippen LogP contribution in [0.1, 0.15) is 43.8 Å². The van der Waals surface area contributed by atoms with Gasteiger partial charge in [0.05, 0.1) is 13.2 Å². The summed E-state index contributed by atoms with van der Waals surface area (Å²) in [6.07, 6.45) is 6.59. The van der Waals surface area contributed by atoms with E-state index in [-0.39, 0.29) is 17.9 Å². The van der Waals surface area contributed by atoms with Crippen LogP contribution in [0.15, 0.2) is 4.52 Å². The monoisotopic (exact) mass is 348 g/mol. The van der Waals surface area contributed by atoms with Crippen molar-refractivity contribution in [3.63, 3.8) is 0 Å². The van der Waals surface area contributed by atoms with E-state index in [0.717, 1.165) is 31.8 Å². The molecule has 1 aromatic rings. The van der Waals surface area contributed by atoms with Crippen molar-refractivity contribution < 1.29 is 14.1 Å². The molecule has 4 rings (SSSR count). The predicted octanol–water partition coefficient (Wildman–Crippen LogP) is 1.39. The van der Waals surface area contributed by atoms with E-state index >= 15 is 0 Å². The first-order valence-corrected chi connectivity index (χ1v) is 9.56. The van der Waals surface area contributed by atoms with Gasteiger partial charge < -0.3 is 14.6 Å². The molecule has 0 bridgehead atoms. The molecule has 3 aliphatic rings. The molecule has 2 heterocycles. The van der Waals surface area contributed by atoms with Crippen LogP contribution in [0.4, 0.5) is 0 Å². The van der Waals surface area contributed by atoms with Crippen LogP contribution < -0.4 is 5.32 Å². The summed E-state index contributed by atoms with van der Waals surface area (Å²) < 4.78 is 10.4. The SMILES string of the molecule is COCCc1noc(CN2C[C@H](NC(=O)C3CCC3)[C@@H](C3CC3)C2)n1. The van der Waals surface area contributed by atoms with E-state index in [4.69, 9.17) is 9.26 Å². The Kier molecular flexibility index (Phi) is 5.03. The minimum Gasteiger partial charge on any atom is -0.384 e. The van der Waals surface area contributed by atoms with Crippen LogP contribution in [0.2, 0.25) is 0 Å². The number of likely N-dealkylation sites (tertiary alicyclic amines) is 1. The normalized spacial score (nSPS) is 27.4. The summed E-state index contributed by atoms with van der Waals surface area (Å²) in [6, 6.07) is 0.275. The fourth-order valence-corrected chi connectivity index (χ4v) is 4.01. The molecule has 1 aliphatic heterocycles. The van der Waals surface area contributed by atoms with Gasteiger partial charge in [0.2, 0.25) is 11.8 Å². The van der Waals surface area contributed by atoms with E-state index in [9.17, 15) is 4.79 Å². The number of methoxy groups -OCH3 is 1. The Labute approximate surface area is 148 Å². The number of carbonyl (C=O) groups is 1. The Bertz CT molecular complexity index is 597. The number of aromatic nitrogens is 2. The van der Waals surface area contributed by atoms with Crippen LogP contribution in [-0.2, 0) is 22.5 Å². The summed E-state index contributed by atoms with van der Waals surface area (Å²) in [5.74, 6) is 3.23. The minimum absolute atomic E-state index is 0.258. The number of ether oxygens (including phenoxy) is 1. The highest BCUT2D eigenvalue weighted by Gasteiger charge is 2.44. The van der Waals surface area contributed by atoms with E-state index in [0.29, 0.717) is 37.2 Å². The van der Waals surface area contributed by atoms with Gasteiger partial charge in [-0.1, -0.05) is 11.6 Å². The van der Waals surface area contributed by atoms with Gasteiger partial charge >= 0.3 is 0 Å². The highest BCUT2D eigenvalue weighted by Crippen LogP contribution is 2.42. The fraction of sp³-hybridized carbons (Fsp3) is 0.833. The molecule has 3 fully saturated rings. The number of rotatable bonds is 8. The smallest absolute Gasteiger partial charge is 0.240 e. The zero-order valence-corrected chi connectivity index (χ0v) is 14.9. The predicted molar refractivity (Wildman–Crippen MR) is 90.6 cm³/mol. The average Bonchev–Trinajstić information content (AvgIpc) is 3.17. The molecule has 0 radical (unpaired) electrons. The maximum absolute atomic E-state index is 12.4. The Morgan fingerprint density at radius 2 is 2.16 bits per heavy atom. The van der Waals surface area contributed by atoms with Gasteiger partial charge in [-0.3, -0.25) is 9.69 Å². The first kappa shape index (κ1) is 17.0. The van der Waals surface area contributed by atoms with Crippen molar-refractivity contribution in [1.82, 2.24) is 20.4 Å². The largest absolute Gasteiger partial charge is 0.384 e. The summed E-state index contributed by atoms with van der Waals surface area (Å²) in [7, 11) is 1.67. The van der Waals surface area contributed by atoms with Crippen molar-refractivity contribution in [3.05, 3.63) is 11.7 Å². The number of hydrogen-bond donors (Lipinski definition) is 1. The lowest BCUT2D eigenvalue weighted by molar-refractivity contribution is -0.128. The van der Waals surface area contributed by atoms with Crippen LogP contribution in [0.5, 0.6) is 0 Å². The van der Waals surface area contributed by atoms with E-state index in [1.807, 2.05) is 0 Å². The topological polar surface area (TPSA) is 80.5 Å². The number of nitrogens with zero attached hydrogens (tertiary/aromatic N) is 3. The van der Waals surface area contributed by atoms with Crippen molar-refractivity contribution in [2.75, 3.05) is 26.8 Å². The Morgan fingerprint density at radius 3 is 2.84 bits per heavy atom. The molecule has 138 valence electrons. The third kappa shape index (κ3) is 4.03. The standard InChI is InChI=1S/C18H28N4O3/c1-24-8-7-16-20-17(25-21-16)11-22-9-14(12-5-6-12)15(10-22)19-18(23)13-3-2-4-13/h12-15H,2-11H2,1H3,(H,19,23)/t14-,15+/m1/s1. The zero-order chi connectivity index (χ0) is 17.2. The second-order valence-electron chi connectivity index (χ2n) is 7.79. The maximum atomic E-state index is 12.4. The first-order valence-electron chi connectivity index (χ1n) is 9.56. The van der Waals surface area contributed by atoms with E-state index < -0.39 is 0 Å². The van der Waals surface area contributed by atoms with E-state index in [1.54, 1.807) is 7.11 Å². The second kappa shape index (κ2) is 7.41. The molecule has 0 spiro atoms. The lowest BCUT2D eigenvalue weighted by Crippen LogP contribution is -2.45. The van der Waals surface area contributed by atoms with Gasteiger partial charge in [0.25, 0.3) is 0 Å². The molecule has 1 N–H and O–H groups in total. The molecule has 1 aromatic heterocycles. The van der Waals surface area contributed by atoms with Gasteiger partial charge in [-0.25, -0.2) is 0 Å². The Balaban J connectivity index is 1.33. The third-order valence-electron chi connectivity index (χ3n) is 5.87. The Morgan fingerprint density at radius 1 is 1.32 bits per heavy atom. The molecule has 0 aromatic carbocycles. The zero-order valence-electron chi connectivity index (χ0n) is 14.9. The molecule has 1 amide bonds. The highest BCUT2D eigenvalue weighted by atomic mass is 16.5. The molecule has 25 heavy (non-hydrogen) atoms. The number of hydrogen-bond acceptors (Lipinski definition) is 6. The van der Waals surface area contributed by atoms with Crippen LogP contribution in [-0.4, -0.2) is 53.8 Å².